The van der Waals surface area contributed by atoms with Crippen LogP contribution in [0.2, 0.25) is 48.3 Å². The average Bonchev–Trinajstić information content (AvgIpc) is 2.71. The van der Waals surface area contributed by atoms with Gasteiger partial charge in [-0.3, -0.25) is 9.98 Å². The number of nitrogens with zero attached hydrogens (tertiary/aromatic N) is 2. The van der Waals surface area contributed by atoms with Crippen molar-refractivity contribution in [3.8, 4) is 11.5 Å². The predicted molar refractivity (Wildman–Crippen MR) is 146 cm³/mol. The number of aliphatic imine (C=N–C) groups is 2. The summed E-state index contributed by atoms with van der Waals surface area (Å²) in [6.45, 7) is 10.5. The number of hydrogen-bond acceptors (Lipinski definition) is 5. The summed E-state index contributed by atoms with van der Waals surface area (Å²) >= 11 is 11.9. The van der Waals surface area contributed by atoms with E-state index in [1.54, 1.807) is 48.8 Å². The first kappa shape index (κ1) is 27.6. The molecule has 0 unspecified atom stereocenters. The van der Waals surface area contributed by atoms with Crippen molar-refractivity contribution >= 4 is 52.3 Å². The third-order valence-electron chi connectivity index (χ3n) is 5.12. The molecule has 9 heteroatoms. The minimum Gasteiger partial charge on any atom is -0.507 e. The van der Waals surface area contributed by atoms with E-state index in [9.17, 15) is 10.2 Å². The molecule has 0 aromatic heterocycles. The minimum atomic E-state index is -1.79. The fraction of sp³-hybridized carbons (Fsp3) is 0.417. The molecule has 0 radical (unpaired) electrons. The van der Waals surface area contributed by atoms with Gasteiger partial charge in [-0.1, -0.05) is 23.2 Å². The second-order valence-corrected chi connectivity index (χ2v) is 19.0. The van der Waals surface area contributed by atoms with E-state index in [2.05, 4.69) is 36.2 Å². The summed E-state index contributed by atoms with van der Waals surface area (Å²) in [4.78, 5) is 8.88. The molecule has 2 rings (SSSR count). The molecule has 2 aromatic carbocycles. The largest absolute Gasteiger partial charge is 0.507 e. The fourth-order valence-corrected chi connectivity index (χ4v) is 12.8. The summed E-state index contributed by atoms with van der Waals surface area (Å²) in [5.41, 5.74) is 1.27. The molecule has 2 N–H and O–H groups in total. The number of phenolic OH excluding ortho intramolecular Hbond substituents is 2. The molecule has 0 spiro atoms. The monoisotopic (exact) mass is 524 g/mol. The van der Waals surface area contributed by atoms with Crippen LogP contribution in [0.5, 0.6) is 11.5 Å². The Morgan fingerprint density at radius 3 is 1.55 bits per heavy atom. The molecule has 2 aromatic rings. The van der Waals surface area contributed by atoms with Crippen LogP contribution in [0.3, 0.4) is 0 Å². The van der Waals surface area contributed by atoms with Gasteiger partial charge in [-0.15, -0.1) is 0 Å². The maximum atomic E-state index is 9.85. The first-order valence-corrected chi connectivity index (χ1v) is 18.1. The zero-order valence-corrected chi connectivity index (χ0v) is 23.3. The van der Waals surface area contributed by atoms with E-state index in [0.29, 0.717) is 34.3 Å². The van der Waals surface area contributed by atoms with Gasteiger partial charge in [0.25, 0.3) is 0 Å². The van der Waals surface area contributed by atoms with E-state index < -0.39 is 16.6 Å². The summed E-state index contributed by atoms with van der Waals surface area (Å²) in [6, 6.07) is 11.9. The molecule has 0 saturated heterocycles. The lowest BCUT2D eigenvalue weighted by molar-refractivity contribution is 0.474. The molecule has 0 amide bonds. The van der Waals surface area contributed by atoms with Crippen molar-refractivity contribution in [3.63, 3.8) is 0 Å². The molecule has 0 aliphatic carbocycles. The third kappa shape index (κ3) is 10.4. The molecule has 0 atom stereocenters. The highest BCUT2D eigenvalue weighted by atomic mass is 35.5. The van der Waals surface area contributed by atoms with Crippen molar-refractivity contribution in [1.82, 2.24) is 0 Å². The van der Waals surface area contributed by atoms with Gasteiger partial charge in [0.1, 0.15) is 11.5 Å². The second kappa shape index (κ2) is 12.7. The highest BCUT2D eigenvalue weighted by Gasteiger charge is 2.32. The van der Waals surface area contributed by atoms with Gasteiger partial charge in [0.15, 0.2) is 16.6 Å². The van der Waals surface area contributed by atoms with Crippen molar-refractivity contribution in [2.45, 2.75) is 51.1 Å². The number of phenols is 2. The molecule has 0 aliphatic heterocycles. The maximum absolute atomic E-state index is 9.85. The zero-order valence-electron chi connectivity index (χ0n) is 19.8. The predicted octanol–water partition coefficient (Wildman–Crippen LogP) is 7.15. The average molecular weight is 526 g/mol. The summed E-state index contributed by atoms with van der Waals surface area (Å²) in [7, 11) is -3.58. The van der Waals surface area contributed by atoms with Crippen LogP contribution < -0.4 is 0 Å². The van der Waals surface area contributed by atoms with Crippen molar-refractivity contribution in [3.05, 3.63) is 57.6 Å². The Bertz CT molecular complexity index is 905. The molecule has 0 fully saturated rings. The third-order valence-corrected chi connectivity index (χ3v) is 13.1. The Balaban J connectivity index is 1.73. The topological polar surface area (TPSA) is 74.4 Å². The van der Waals surface area contributed by atoms with Crippen LogP contribution in [0, 0.1) is 0 Å². The summed E-state index contributed by atoms with van der Waals surface area (Å²) in [5.74, 6) is 0.366. The van der Waals surface area contributed by atoms with Crippen molar-refractivity contribution in [2.24, 2.45) is 9.98 Å². The lowest BCUT2D eigenvalue weighted by Crippen LogP contribution is -2.44. The van der Waals surface area contributed by atoms with Crippen LogP contribution in [0.15, 0.2) is 46.4 Å². The Labute approximate surface area is 209 Å². The van der Waals surface area contributed by atoms with Crippen molar-refractivity contribution in [2.75, 3.05) is 13.1 Å². The van der Waals surface area contributed by atoms with E-state index in [4.69, 9.17) is 27.3 Å². The van der Waals surface area contributed by atoms with Crippen LogP contribution in [-0.4, -0.2) is 52.4 Å². The highest BCUT2D eigenvalue weighted by Crippen LogP contribution is 2.24. The van der Waals surface area contributed by atoms with Gasteiger partial charge in [-0.05, 0) is 87.5 Å². The maximum Gasteiger partial charge on any atom is 0.173 e. The molecular formula is C24H34Cl2N2O3Si2. The Morgan fingerprint density at radius 1 is 0.758 bits per heavy atom. The molecule has 0 heterocycles. The van der Waals surface area contributed by atoms with Gasteiger partial charge >= 0.3 is 0 Å². The number of aromatic hydroxyl groups is 2. The molecule has 0 saturated carbocycles. The van der Waals surface area contributed by atoms with E-state index in [1.807, 2.05) is 0 Å². The van der Waals surface area contributed by atoms with Gasteiger partial charge in [0.2, 0.25) is 0 Å². The van der Waals surface area contributed by atoms with Crippen LogP contribution >= 0.6 is 23.2 Å². The molecule has 5 nitrogen and oxygen atoms in total. The molecule has 0 aliphatic rings. The molecule has 180 valence electrons. The van der Waals surface area contributed by atoms with Gasteiger partial charge in [-0.25, -0.2) is 0 Å². The summed E-state index contributed by atoms with van der Waals surface area (Å²) in [5, 5.41) is 20.9. The minimum absolute atomic E-state index is 0.183. The van der Waals surface area contributed by atoms with Crippen LogP contribution in [0.1, 0.15) is 24.0 Å². The quantitative estimate of drug-likeness (QED) is 0.176. The van der Waals surface area contributed by atoms with Crippen molar-refractivity contribution < 1.29 is 14.3 Å². The zero-order chi connectivity index (χ0) is 24.5. The van der Waals surface area contributed by atoms with E-state index >= 15 is 0 Å². The Hall–Kier alpha value is -1.65. The van der Waals surface area contributed by atoms with Gasteiger partial charge in [0.05, 0.1) is 0 Å². The van der Waals surface area contributed by atoms with Crippen molar-refractivity contribution in [1.29, 1.82) is 0 Å². The number of rotatable bonds is 12. The first-order valence-electron chi connectivity index (χ1n) is 11.1. The van der Waals surface area contributed by atoms with E-state index in [-0.39, 0.29) is 11.5 Å². The highest BCUT2D eigenvalue weighted by molar-refractivity contribution is 6.84. The SMILES string of the molecule is C[Si](C)(CCCN=Cc1cc(Cl)ccc1O)O[Si](C)(C)CCCN=Cc1cc(Cl)ccc1O. The summed E-state index contributed by atoms with van der Waals surface area (Å²) < 4.78 is 6.68. The normalized spacial score (nSPS) is 12.8. The van der Waals surface area contributed by atoms with E-state index in [1.165, 1.54) is 0 Å². The fourth-order valence-electron chi connectivity index (χ4n) is 3.63. The molecule has 33 heavy (non-hydrogen) atoms. The van der Waals surface area contributed by atoms with E-state index in [0.717, 1.165) is 24.9 Å². The number of hydrogen-bond donors (Lipinski definition) is 2. The van der Waals surface area contributed by atoms with Crippen LogP contribution in [0.25, 0.3) is 0 Å². The van der Waals surface area contributed by atoms with Crippen LogP contribution in [-0.2, 0) is 4.12 Å². The molecular weight excluding hydrogens is 491 g/mol. The van der Waals surface area contributed by atoms with Gasteiger partial charge < -0.3 is 14.3 Å². The number of halogens is 2. The lowest BCUT2D eigenvalue weighted by atomic mass is 10.2. The second-order valence-electron chi connectivity index (χ2n) is 9.31. The summed E-state index contributed by atoms with van der Waals surface area (Å²) in [6.07, 6.45) is 5.27. The standard InChI is InChI=1S/C24H34Cl2N2O3Si2/c1-32(2,13-5-11-27-17-19-15-21(25)7-9-23(19)29)31-33(3,4)14-6-12-28-18-20-16-22(26)8-10-24(20)30/h7-10,15-18,29-30H,5-6,11-14H2,1-4H3. The first-order chi connectivity index (χ1) is 15.5. The Morgan fingerprint density at radius 2 is 1.15 bits per heavy atom. The molecule has 0 bridgehead atoms. The smallest absolute Gasteiger partial charge is 0.173 e. The van der Waals surface area contributed by atoms with Gasteiger partial charge in [0, 0.05) is 46.7 Å². The Kier molecular flexibility index (Phi) is 10.6. The number of benzene rings is 2. The lowest BCUT2D eigenvalue weighted by Gasteiger charge is -2.34. The van der Waals surface area contributed by atoms with Gasteiger partial charge in [-0.2, -0.15) is 0 Å². The van der Waals surface area contributed by atoms with Crippen LogP contribution in [0.4, 0.5) is 0 Å².